The summed E-state index contributed by atoms with van der Waals surface area (Å²) in [5.74, 6) is 0.0895. The van der Waals surface area contributed by atoms with Crippen molar-refractivity contribution < 1.29 is 19.1 Å². The number of hydrogen-bond donors (Lipinski definition) is 1. The summed E-state index contributed by atoms with van der Waals surface area (Å²) >= 11 is 19.7. The van der Waals surface area contributed by atoms with E-state index in [1.165, 1.54) is 4.90 Å². The smallest absolute Gasteiger partial charge is 0.242 e. The molecule has 1 N–H and O–H groups in total. The van der Waals surface area contributed by atoms with Crippen LogP contribution in [-0.2, 0) is 14.4 Å². The van der Waals surface area contributed by atoms with Crippen LogP contribution in [-0.4, -0.2) is 91.3 Å². The maximum absolute atomic E-state index is 13.1. The number of carbonyl (C=O) groups excluding carboxylic acids is 3. The number of halogens is 3. The zero-order chi connectivity index (χ0) is 28.1. The van der Waals surface area contributed by atoms with Crippen LogP contribution in [0, 0.1) is 12.0 Å². The average Bonchev–Trinajstić information content (AvgIpc) is 2.94. The fourth-order valence-corrected chi connectivity index (χ4v) is 5.50. The van der Waals surface area contributed by atoms with Gasteiger partial charge in [0, 0.05) is 52.1 Å². The molecule has 1 radical (unpaired) electrons. The first-order valence-corrected chi connectivity index (χ1v) is 13.8. The second-order valence-electron chi connectivity index (χ2n) is 9.92. The van der Waals surface area contributed by atoms with Crippen molar-refractivity contribution in [1.29, 1.82) is 0 Å². The maximum atomic E-state index is 13.1. The lowest BCUT2D eigenvalue weighted by Crippen LogP contribution is -2.54. The van der Waals surface area contributed by atoms with E-state index in [0.29, 0.717) is 69.3 Å². The topological polar surface area (TPSA) is 94.5 Å². The molecule has 0 spiro atoms. The third-order valence-corrected chi connectivity index (χ3v) is 8.71. The number of nitrogens with zero attached hydrogens (tertiary/aromatic N) is 4. The molecule has 9 nitrogen and oxygen atoms in total. The molecular weight excluding hydrogens is 553 g/mol. The minimum Gasteiger partial charge on any atom is -0.493 e. The number of aliphatic imine (C=N–C) groups is 1. The second kappa shape index (κ2) is 12.9. The van der Waals surface area contributed by atoms with Gasteiger partial charge in [-0.15, -0.1) is 34.8 Å². The molecule has 2 aliphatic heterocycles. The van der Waals surface area contributed by atoms with E-state index >= 15 is 0 Å². The highest BCUT2D eigenvalue weighted by molar-refractivity contribution is 6.42. The number of benzene rings is 1. The number of nitrogens with one attached hydrogen (secondary N) is 1. The van der Waals surface area contributed by atoms with Gasteiger partial charge in [0.1, 0.15) is 11.2 Å². The van der Waals surface area contributed by atoms with Crippen LogP contribution in [0.1, 0.15) is 27.2 Å². The molecule has 3 rings (SSSR count). The zero-order valence-corrected chi connectivity index (χ0v) is 24.4. The van der Waals surface area contributed by atoms with Crippen LogP contribution in [0.3, 0.4) is 0 Å². The van der Waals surface area contributed by atoms with Gasteiger partial charge in [0.05, 0.1) is 40.2 Å². The Hall–Kier alpha value is -2.07. The standard InChI is InChI=1S/C26H35Cl3N5O4/c1-5-34-19-8-7-18(13-20(19)32(4)23(36)25(2,3)24(34)37)38-12-6-10-33(11-9-30-17-35)16-26(29)21(27)14-31-15-22(26)28/h7-8,13-15,17,21-22H,5-6,9-12,16H2,1-4H3,(H,30,35). The molecule has 2 heterocycles. The molecule has 0 saturated heterocycles. The van der Waals surface area contributed by atoms with E-state index in [-0.39, 0.29) is 11.8 Å². The van der Waals surface area contributed by atoms with Gasteiger partial charge in [-0.3, -0.25) is 24.3 Å². The van der Waals surface area contributed by atoms with Crippen LogP contribution in [0.4, 0.5) is 11.4 Å². The van der Waals surface area contributed by atoms with Crippen molar-refractivity contribution >= 4 is 70.6 Å². The summed E-state index contributed by atoms with van der Waals surface area (Å²) in [6.45, 7) is 9.62. The van der Waals surface area contributed by atoms with Gasteiger partial charge < -0.3 is 19.9 Å². The van der Waals surface area contributed by atoms with E-state index in [4.69, 9.17) is 39.5 Å². The summed E-state index contributed by atoms with van der Waals surface area (Å²) in [6, 6.07) is 5.41. The Morgan fingerprint density at radius 3 is 2.55 bits per heavy atom. The SMILES string of the molecule is CCN1C(=O)C(C)(C)C(=O)N(C)c2cc(OCCCN(CCNC=O)CC3(Cl)C(Cl)[CH]N=CC3Cl)ccc21. The van der Waals surface area contributed by atoms with E-state index in [2.05, 4.69) is 15.2 Å². The van der Waals surface area contributed by atoms with Gasteiger partial charge in [0.15, 0.2) is 0 Å². The first-order chi connectivity index (χ1) is 18.0. The van der Waals surface area contributed by atoms with Crippen molar-refractivity contribution in [2.75, 3.05) is 56.2 Å². The lowest BCUT2D eigenvalue weighted by atomic mass is 9.90. The molecule has 0 bridgehead atoms. The molecule has 0 saturated carbocycles. The molecule has 12 heteroatoms. The molecule has 1 aromatic carbocycles. The minimum atomic E-state index is -1.17. The fourth-order valence-electron chi connectivity index (χ4n) is 4.62. The molecule has 3 unspecified atom stereocenters. The molecule has 0 fully saturated rings. The Morgan fingerprint density at radius 1 is 1.16 bits per heavy atom. The number of alkyl halides is 3. The molecule has 0 aromatic heterocycles. The van der Waals surface area contributed by atoms with Crippen molar-refractivity contribution in [3.8, 4) is 5.75 Å². The van der Waals surface area contributed by atoms with Crippen LogP contribution < -0.4 is 19.9 Å². The number of rotatable bonds is 12. The highest BCUT2D eigenvalue weighted by Crippen LogP contribution is 2.40. The van der Waals surface area contributed by atoms with Gasteiger partial charge in [-0.2, -0.15) is 0 Å². The van der Waals surface area contributed by atoms with Crippen molar-refractivity contribution in [2.45, 2.75) is 42.8 Å². The van der Waals surface area contributed by atoms with Crippen molar-refractivity contribution in [3.05, 3.63) is 24.7 Å². The number of fused-ring (bicyclic) bond motifs is 1. The van der Waals surface area contributed by atoms with Gasteiger partial charge >= 0.3 is 0 Å². The Bertz CT molecular complexity index is 1060. The van der Waals surface area contributed by atoms with Gasteiger partial charge in [0.2, 0.25) is 18.2 Å². The van der Waals surface area contributed by atoms with Crippen molar-refractivity contribution in [1.82, 2.24) is 10.2 Å². The summed E-state index contributed by atoms with van der Waals surface area (Å²) in [4.78, 5) is 45.2. The third-order valence-electron chi connectivity index (χ3n) is 6.89. The van der Waals surface area contributed by atoms with E-state index in [0.717, 1.165) is 0 Å². The Labute approximate surface area is 239 Å². The number of ether oxygens (including phenoxy) is 1. The van der Waals surface area contributed by atoms with E-state index in [9.17, 15) is 14.4 Å². The van der Waals surface area contributed by atoms with Gasteiger partial charge in [-0.1, -0.05) is 0 Å². The Balaban J connectivity index is 1.67. The van der Waals surface area contributed by atoms with Gasteiger partial charge in [0.25, 0.3) is 0 Å². The maximum Gasteiger partial charge on any atom is 0.242 e. The summed E-state index contributed by atoms with van der Waals surface area (Å²) in [5, 5.41) is 1.57. The highest BCUT2D eigenvalue weighted by Gasteiger charge is 2.46. The van der Waals surface area contributed by atoms with E-state index in [1.54, 1.807) is 50.7 Å². The average molecular weight is 588 g/mol. The predicted molar refractivity (Wildman–Crippen MR) is 153 cm³/mol. The Morgan fingerprint density at radius 2 is 1.89 bits per heavy atom. The van der Waals surface area contributed by atoms with Crippen molar-refractivity contribution in [3.63, 3.8) is 0 Å². The zero-order valence-electron chi connectivity index (χ0n) is 22.1. The second-order valence-corrected chi connectivity index (χ2v) is 11.6. The molecule has 2 aliphatic rings. The first-order valence-electron chi connectivity index (χ1n) is 12.6. The normalized spacial score (nSPS) is 24.8. The quantitative estimate of drug-likeness (QED) is 0.175. The number of carbonyl (C=O) groups is 3. The monoisotopic (exact) mass is 586 g/mol. The lowest BCUT2D eigenvalue weighted by molar-refractivity contribution is -0.137. The van der Waals surface area contributed by atoms with Crippen LogP contribution in [0.2, 0.25) is 0 Å². The first kappa shape index (κ1) is 30.5. The van der Waals surface area contributed by atoms with E-state index in [1.807, 2.05) is 13.0 Å². The third kappa shape index (κ3) is 6.38. The Kier molecular flexibility index (Phi) is 10.3. The largest absolute Gasteiger partial charge is 0.493 e. The molecule has 3 amide bonds. The summed E-state index contributed by atoms with van der Waals surface area (Å²) in [6.07, 6.45) is 2.89. The number of anilines is 2. The molecule has 38 heavy (non-hydrogen) atoms. The van der Waals surface area contributed by atoms with Crippen LogP contribution in [0.5, 0.6) is 5.75 Å². The molecule has 1 aromatic rings. The summed E-state index contributed by atoms with van der Waals surface area (Å²) in [7, 11) is 1.67. The molecule has 0 aliphatic carbocycles. The number of amides is 3. The highest BCUT2D eigenvalue weighted by atomic mass is 35.5. The number of hydrogen-bond acceptors (Lipinski definition) is 6. The fraction of sp³-hybridized carbons (Fsp3) is 0.577. The molecule has 209 valence electrons. The molecular formula is C26H35Cl3N5O4. The predicted octanol–water partition coefficient (Wildman–Crippen LogP) is 3.30. The van der Waals surface area contributed by atoms with Gasteiger partial charge in [-0.25, -0.2) is 0 Å². The summed E-state index contributed by atoms with van der Waals surface area (Å²) in [5.41, 5.74) is 0.126. The lowest BCUT2D eigenvalue weighted by Gasteiger charge is -2.39. The molecule has 3 atom stereocenters. The minimum absolute atomic E-state index is 0.231. The van der Waals surface area contributed by atoms with Crippen LogP contribution in [0.15, 0.2) is 23.2 Å². The van der Waals surface area contributed by atoms with Crippen molar-refractivity contribution in [2.24, 2.45) is 10.4 Å². The van der Waals surface area contributed by atoms with Crippen LogP contribution in [0.25, 0.3) is 0 Å². The van der Waals surface area contributed by atoms with E-state index < -0.39 is 21.0 Å². The summed E-state index contributed by atoms with van der Waals surface area (Å²) < 4.78 is 6.03. The van der Waals surface area contributed by atoms with Crippen LogP contribution >= 0.6 is 34.8 Å². The van der Waals surface area contributed by atoms with Gasteiger partial charge in [-0.05, 0) is 39.3 Å².